The monoisotopic (exact) mass is 296 g/mol. The fourth-order valence-electron chi connectivity index (χ4n) is 2.42. The summed E-state index contributed by atoms with van der Waals surface area (Å²) in [6, 6.07) is 12.5. The van der Waals surface area contributed by atoms with Gasteiger partial charge in [-0.2, -0.15) is 0 Å². The van der Waals surface area contributed by atoms with Crippen LogP contribution >= 0.6 is 0 Å². The number of pyridine rings is 1. The quantitative estimate of drug-likeness (QED) is 0.785. The topological polar surface area (TPSA) is 42.0 Å². The predicted octanol–water partition coefficient (Wildman–Crippen LogP) is 3.98. The molecule has 0 aliphatic carbocycles. The number of hydrogen-bond donors (Lipinski definition) is 1. The highest BCUT2D eigenvalue weighted by Crippen LogP contribution is 2.12. The molecule has 1 heterocycles. The molecule has 2 rings (SSSR count). The van der Waals surface area contributed by atoms with E-state index in [9.17, 15) is 4.79 Å². The maximum Gasteiger partial charge on any atom is 0.220 e. The lowest BCUT2D eigenvalue weighted by Crippen LogP contribution is -2.26. The number of amides is 1. The Bertz CT molecular complexity index is 578. The number of benzene rings is 1. The number of aromatic nitrogens is 1. The first-order valence-corrected chi connectivity index (χ1v) is 7.90. The van der Waals surface area contributed by atoms with E-state index in [0.29, 0.717) is 6.42 Å². The molecule has 0 fully saturated rings. The van der Waals surface area contributed by atoms with Gasteiger partial charge in [0.2, 0.25) is 5.91 Å². The summed E-state index contributed by atoms with van der Waals surface area (Å²) in [4.78, 5) is 15.9. The minimum Gasteiger partial charge on any atom is -0.350 e. The lowest BCUT2D eigenvalue weighted by molar-refractivity contribution is -0.121. The van der Waals surface area contributed by atoms with Crippen molar-refractivity contribution in [2.45, 2.75) is 45.6 Å². The summed E-state index contributed by atoms with van der Waals surface area (Å²) in [5.41, 5.74) is 3.72. The summed E-state index contributed by atoms with van der Waals surface area (Å²) in [7, 11) is 0. The summed E-state index contributed by atoms with van der Waals surface area (Å²) in [5.74, 6) is 0.119. The first-order chi connectivity index (χ1) is 10.6. The molecular weight excluding hydrogens is 272 g/mol. The lowest BCUT2D eigenvalue weighted by Gasteiger charge is -2.14. The van der Waals surface area contributed by atoms with Gasteiger partial charge in [0.05, 0.1) is 6.04 Å². The zero-order valence-electron chi connectivity index (χ0n) is 13.4. The van der Waals surface area contributed by atoms with Crippen LogP contribution in [0.2, 0.25) is 0 Å². The van der Waals surface area contributed by atoms with Crippen LogP contribution in [0.5, 0.6) is 0 Å². The van der Waals surface area contributed by atoms with Gasteiger partial charge < -0.3 is 5.32 Å². The molecule has 3 heteroatoms. The largest absolute Gasteiger partial charge is 0.350 e. The minimum atomic E-state index is 0.0348. The van der Waals surface area contributed by atoms with E-state index in [-0.39, 0.29) is 11.9 Å². The third-order valence-electron chi connectivity index (χ3n) is 3.82. The number of unbranched alkanes of at least 4 members (excludes halogenated alkanes) is 1. The van der Waals surface area contributed by atoms with Gasteiger partial charge in [-0.25, -0.2) is 0 Å². The maximum atomic E-state index is 12.0. The van der Waals surface area contributed by atoms with Gasteiger partial charge in [-0.15, -0.1) is 0 Å². The van der Waals surface area contributed by atoms with Gasteiger partial charge in [-0.1, -0.05) is 29.8 Å². The highest BCUT2D eigenvalue weighted by Gasteiger charge is 2.08. The Labute approximate surface area is 132 Å². The fraction of sp³-hybridized carbons (Fsp3) is 0.368. The van der Waals surface area contributed by atoms with Crippen LogP contribution in [0, 0.1) is 6.92 Å². The van der Waals surface area contributed by atoms with Gasteiger partial charge in [-0.3, -0.25) is 9.78 Å². The standard InChI is InChI=1S/C19H24N2O/c1-15-7-9-17(10-8-15)5-3-4-6-19(22)21-16(2)18-11-13-20-14-12-18/h7-14,16H,3-6H2,1-2H3,(H,21,22)/t16-/m1/s1. The Morgan fingerprint density at radius 3 is 2.45 bits per heavy atom. The van der Waals surface area contributed by atoms with Crippen molar-refractivity contribution in [1.29, 1.82) is 0 Å². The average Bonchev–Trinajstić information content (AvgIpc) is 2.54. The van der Waals surface area contributed by atoms with Crippen LogP contribution in [0.1, 0.15) is 48.9 Å². The second-order valence-corrected chi connectivity index (χ2v) is 5.76. The average molecular weight is 296 g/mol. The Morgan fingerprint density at radius 2 is 1.77 bits per heavy atom. The van der Waals surface area contributed by atoms with Crippen molar-refractivity contribution < 1.29 is 4.79 Å². The van der Waals surface area contributed by atoms with Crippen molar-refractivity contribution in [2.24, 2.45) is 0 Å². The van der Waals surface area contributed by atoms with E-state index in [1.807, 2.05) is 19.1 Å². The van der Waals surface area contributed by atoms with Crippen molar-refractivity contribution in [1.82, 2.24) is 10.3 Å². The molecular formula is C19H24N2O. The van der Waals surface area contributed by atoms with Crippen molar-refractivity contribution in [3.8, 4) is 0 Å². The Morgan fingerprint density at radius 1 is 1.09 bits per heavy atom. The summed E-state index contributed by atoms with van der Waals surface area (Å²) < 4.78 is 0. The highest BCUT2D eigenvalue weighted by molar-refractivity contribution is 5.76. The predicted molar refractivity (Wildman–Crippen MR) is 89.5 cm³/mol. The lowest BCUT2D eigenvalue weighted by atomic mass is 10.1. The highest BCUT2D eigenvalue weighted by atomic mass is 16.1. The van der Waals surface area contributed by atoms with E-state index in [1.54, 1.807) is 12.4 Å². The first kappa shape index (κ1) is 16.2. The molecule has 0 unspecified atom stereocenters. The van der Waals surface area contributed by atoms with Crippen molar-refractivity contribution in [3.05, 3.63) is 65.5 Å². The van der Waals surface area contributed by atoms with E-state index >= 15 is 0 Å². The molecule has 2 aromatic rings. The fourth-order valence-corrected chi connectivity index (χ4v) is 2.42. The molecule has 1 aromatic heterocycles. The Balaban J connectivity index is 1.66. The Kier molecular flexibility index (Phi) is 6.13. The molecule has 116 valence electrons. The summed E-state index contributed by atoms with van der Waals surface area (Å²) in [5, 5.41) is 3.04. The molecule has 1 aromatic carbocycles. The number of nitrogens with zero attached hydrogens (tertiary/aromatic N) is 1. The molecule has 22 heavy (non-hydrogen) atoms. The molecule has 0 aliphatic rings. The van der Waals surface area contributed by atoms with E-state index in [4.69, 9.17) is 0 Å². The van der Waals surface area contributed by atoms with Crippen LogP contribution < -0.4 is 5.32 Å². The molecule has 1 atom stereocenters. The van der Waals surface area contributed by atoms with Gasteiger partial charge in [0.15, 0.2) is 0 Å². The molecule has 0 radical (unpaired) electrons. The van der Waals surface area contributed by atoms with Crippen LogP contribution in [0.15, 0.2) is 48.8 Å². The summed E-state index contributed by atoms with van der Waals surface area (Å²) >= 11 is 0. The van der Waals surface area contributed by atoms with Crippen molar-refractivity contribution in [3.63, 3.8) is 0 Å². The van der Waals surface area contributed by atoms with Crippen LogP contribution in [0.25, 0.3) is 0 Å². The zero-order valence-corrected chi connectivity index (χ0v) is 13.4. The van der Waals surface area contributed by atoms with Crippen molar-refractivity contribution >= 4 is 5.91 Å². The van der Waals surface area contributed by atoms with E-state index in [2.05, 4.69) is 41.5 Å². The van der Waals surface area contributed by atoms with Crippen LogP contribution in [0.3, 0.4) is 0 Å². The number of carbonyl (C=O) groups excluding carboxylic acids is 1. The van der Waals surface area contributed by atoms with Crippen molar-refractivity contribution in [2.75, 3.05) is 0 Å². The normalized spacial score (nSPS) is 11.9. The summed E-state index contributed by atoms with van der Waals surface area (Å²) in [6.07, 6.45) is 7.08. The number of nitrogens with one attached hydrogen (secondary N) is 1. The molecule has 0 saturated carbocycles. The SMILES string of the molecule is Cc1ccc(CCCCC(=O)N[C@H](C)c2ccncc2)cc1. The third-order valence-corrected chi connectivity index (χ3v) is 3.82. The third kappa shape index (κ3) is 5.32. The smallest absolute Gasteiger partial charge is 0.220 e. The number of rotatable bonds is 7. The molecule has 0 spiro atoms. The van der Waals surface area contributed by atoms with E-state index in [0.717, 1.165) is 24.8 Å². The zero-order chi connectivity index (χ0) is 15.8. The molecule has 1 N–H and O–H groups in total. The second-order valence-electron chi connectivity index (χ2n) is 5.76. The van der Waals surface area contributed by atoms with Crippen LogP contribution in [-0.2, 0) is 11.2 Å². The van der Waals surface area contributed by atoms with Crippen LogP contribution in [-0.4, -0.2) is 10.9 Å². The molecule has 0 aliphatic heterocycles. The number of carbonyl (C=O) groups is 1. The molecule has 0 bridgehead atoms. The number of hydrogen-bond acceptors (Lipinski definition) is 2. The van der Waals surface area contributed by atoms with Gasteiger partial charge in [0.25, 0.3) is 0 Å². The minimum absolute atomic E-state index is 0.0348. The molecule has 3 nitrogen and oxygen atoms in total. The van der Waals surface area contributed by atoms with Gasteiger partial charge in [0.1, 0.15) is 0 Å². The molecule has 0 saturated heterocycles. The molecule has 1 amide bonds. The van der Waals surface area contributed by atoms with E-state index in [1.165, 1.54) is 11.1 Å². The number of aryl methyl sites for hydroxylation is 2. The van der Waals surface area contributed by atoms with Gasteiger partial charge >= 0.3 is 0 Å². The maximum absolute atomic E-state index is 12.0. The second kappa shape index (κ2) is 8.32. The first-order valence-electron chi connectivity index (χ1n) is 7.90. The summed E-state index contributed by atoms with van der Waals surface area (Å²) in [6.45, 7) is 4.09. The van der Waals surface area contributed by atoms with Crippen LogP contribution in [0.4, 0.5) is 0 Å². The van der Waals surface area contributed by atoms with Gasteiger partial charge in [-0.05, 0) is 56.4 Å². The van der Waals surface area contributed by atoms with E-state index < -0.39 is 0 Å². The Hall–Kier alpha value is -2.16. The van der Waals surface area contributed by atoms with Gasteiger partial charge in [0, 0.05) is 18.8 Å².